The van der Waals surface area contributed by atoms with Crippen LogP contribution in [0.4, 0.5) is 0 Å². The lowest BCUT2D eigenvalue weighted by atomic mass is 10.0. The Bertz CT molecular complexity index is 682. The molecule has 0 radical (unpaired) electrons. The van der Waals surface area contributed by atoms with Crippen molar-refractivity contribution in [1.29, 1.82) is 0 Å². The van der Waals surface area contributed by atoms with Crippen molar-refractivity contribution in [3.05, 3.63) is 54.2 Å². The molecule has 17 heavy (non-hydrogen) atoms. The molecule has 3 aromatic rings. The zero-order valence-corrected chi connectivity index (χ0v) is 9.57. The molecule has 0 unspecified atom stereocenters. The van der Waals surface area contributed by atoms with Crippen LogP contribution in [0.2, 0.25) is 0 Å². The average molecular weight is 223 g/mol. The zero-order chi connectivity index (χ0) is 11.8. The van der Waals surface area contributed by atoms with Gasteiger partial charge in [-0.05, 0) is 30.2 Å². The van der Waals surface area contributed by atoms with E-state index in [1.54, 1.807) is 0 Å². The Hall–Kier alpha value is -2.22. The molecule has 0 saturated heterocycles. The van der Waals surface area contributed by atoms with Crippen molar-refractivity contribution in [2.45, 2.75) is 6.92 Å². The third-order valence-corrected chi connectivity index (χ3v) is 3.02. The van der Waals surface area contributed by atoms with Gasteiger partial charge in [0.2, 0.25) is 0 Å². The molecule has 0 amide bonds. The maximum Gasteiger partial charge on any atom is 0.196 e. The number of hydrogen-bond donors (Lipinski definition) is 2. The van der Waals surface area contributed by atoms with Crippen LogP contribution in [0.25, 0.3) is 21.9 Å². The summed E-state index contributed by atoms with van der Waals surface area (Å²) in [5.74, 6) is 0.232. The fraction of sp³-hybridized carbons (Fsp3) is 0.0667. The molecule has 2 aromatic carbocycles. The Labute approximate surface area is 99.5 Å². The minimum absolute atomic E-state index is 0.232. The highest BCUT2D eigenvalue weighted by molar-refractivity contribution is 5.91. The summed E-state index contributed by atoms with van der Waals surface area (Å²) >= 11 is 0. The highest BCUT2D eigenvalue weighted by Gasteiger charge is 2.04. The first-order valence-electron chi connectivity index (χ1n) is 5.61. The Morgan fingerprint density at radius 2 is 1.82 bits per heavy atom. The first-order valence-corrected chi connectivity index (χ1v) is 5.61. The maximum atomic E-state index is 9.56. The molecule has 1 aromatic heterocycles. The minimum atomic E-state index is 0.232. The van der Waals surface area contributed by atoms with E-state index in [2.05, 4.69) is 42.2 Å². The van der Waals surface area contributed by atoms with Gasteiger partial charge in [-0.3, -0.25) is 0 Å². The molecular formula is C15H13NO. The minimum Gasteiger partial charge on any atom is -0.494 e. The van der Waals surface area contributed by atoms with E-state index in [0.29, 0.717) is 0 Å². The van der Waals surface area contributed by atoms with Crippen molar-refractivity contribution < 1.29 is 5.11 Å². The normalized spacial score (nSPS) is 10.9. The van der Waals surface area contributed by atoms with Gasteiger partial charge in [0, 0.05) is 17.0 Å². The van der Waals surface area contributed by atoms with Crippen LogP contribution in [0.1, 0.15) is 5.56 Å². The molecule has 2 heteroatoms. The van der Waals surface area contributed by atoms with Crippen LogP contribution < -0.4 is 0 Å². The number of aromatic amines is 1. The second kappa shape index (κ2) is 3.67. The van der Waals surface area contributed by atoms with Crippen LogP contribution in [0.3, 0.4) is 0 Å². The van der Waals surface area contributed by atoms with Gasteiger partial charge in [-0.25, -0.2) is 0 Å². The van der Waals surface area contributed by atoms with E-state index >= 15 is 0 Å². The number of nitrogens with one attached hydrogen (secondary N) is 1. The summed E-state index contributed by atoms with van der Waals surface area (Å²) < 4.78 is 0. The van der Waals surface area contributed by atoms with Gasteiger partial charge in [0.25, 0.3) is 0 Å². The second-order valence-electron chi connectivity index (χ2n) is 4.31. The molecule has 0 aliphatic carbocycles. The lowest BCUT2D eigenvalue weighted by Gasteiger charge is -2.03. The smallest absolute Gasteiger partial charge is 0.196 e. The largest absolute Gasteiger partial charge is 0.494 e. The molecule has 0 aliphatic heterocycles. The first-order chi connectivity index (χ1) is 8.24. The van der Waals surface area contributed by atoms with Crippen LogP contribution >= 0.6 is 0 Å². The van der Waals surface area contributed by atoms with Gasteiger partial charge in [0.05, 0.1) is 0 Å². The van der Waals surface area contributed by atoms with Crippen molar-refractivity contribution in [2.24, 2.45) is 0 Å². The summed E-state index contributed by atoms with van der Waals surface area (Å²) in [6.45, 7) is 2.09. The average Bonchev–Trinajstić information content (AvgIpc) is 2.71. The molecule has 1 heterocycles. The summed E-state index contributed by atoms with van der Waals surface area (Å²) in [7, 11) is 0. The standard InChI is InChI=1S/C15H13NO/c1-10-3-2-4-11(7-10)12-5-6-14-13(8-12)9-16-15(14)17/h2-9,16-17H,1H3. The summed E-state index contributed by atoms with van der Waals surface area (Å²) in [6, 6.07) is 14.5. The summed E-state index contributed by atoms with van der Waals surface area (Å²) in [6.07, 6.45) is 1.82. The topological polar surface area (TPSA) is 36.0 Å². The van der Waals surface area contributed by atoms with Crippen LogP contribution in [0.15, 0.2) is 48.7 Å². The van der Waals surface area contributed by atoms with E-state index in [-0.39, 0.29) is 5.88 Å². The van der Waals surface area contributed by atoms with Crippen LogP contribution in [0.5, 0.6) is 5.88 Å². The number of aromatic hydroxyl groups is 1. The summed E-state index contributed by atoms with van der Waals surface area (Å²) in [5, 5.41) is 11.5. The number of rotatable bonds is 1. The number of aromatic nitrogens is 1. The van der Waals surface area contributed by atoms with Gasteiger partial charge >= 0.3 is 0 Å². The molecule has 0 spiro atoms. The van der Waals surface area contributed by atoms with Crippen LogP contribution in [0, 0.1) is 6.92 Å². The lowest BCUT2D eigenvalue weighted by molar-refractivity contribution is 0.462. The van der Waals surface area contributed by atoms with E-state index < -0.39 is 0 Å². The highest BCUT2D eigenvalue weighted by atomic mass is 16.3. The molecule has 0 fully saturated rings. The van der Waals surface area contributed by atoms with Gasteiger partial charge in [-0.15, -0.1) is 0 Å². The third kappa shape index (κ3) is 1.68. The van der Waals surface area contributed by atoms with Crippen LogP contribution in [-0.2, 0) is 0 Å². The third-order valence-electron chi connectivity index (χ3n) is 3.02. The molecular weight excluding hydrogens is 210 g/mol. The predicted molar refractivity (Wildman–Crippen MR) is 70.1 cm³/mol. The second-order valence-corrected chi connectivity index (χ2v) is 4.31. The Morgan fingerprint density at radius 1 is 1.00 bits per heavy atom. The molecule has 0 bridgehead atoms. The number of fused-ring (bicyclic) bond motifs is 1. The molecule has 2 N–H and O–H groups in total. The van der Waals surface area contributed by atoms with Crippen LogP contribution in [-0.4, -0.2) is 10.1 Å². The predicted octanol–water partition coefficient (Wildman–Crippen LogP) is 3.85. The number of hydrogen-bond acceptors (Lipinski definition) is 1. The van der Waals surface area contributed by atoms with Gasteiger partial charge in [0.1, 0.15) is 0 Å². The van der Waals surface area contributed by atoms with E-state index in [1.165, 1.54) is 16.7 Å². The van der Waals surface area contributed by atoms with E-state index in [9.17, 15) is 5.11 Å². The first kappa shape index (κ1) is 9.97. The Morgan fingerprint density at radius 3 is 2.65 bits per heavy atom. The monoisotopic (exact) mass is 223 g/mol. The SMILES string of the molecule is Cc1cccc(-c2ccc3c(O)[nH]cc3c2)c1. The lowest BCUT2D eigenvalue weighted by Crippen LogP contribution is -1.79. The summed E-state index contributed by atoms with van der Waals surface area (Å²) in [5.41, 5.74) is 3.62. The fourth-order valence-electron chi connectivity index (χ4n) is 2.13. The number of H-pyrrole nitrogens is 1. The van der Waals surface area contributed by atoms with Crippen molar-refractivity contribution in [3.63, 3.8) is 0 Å². The van der Waals surface area contributed by atoms with Crippen molar-refractivity contribution in [3.8, 4) is 17.0 Å². The molecule has 0 atom stereocenters. The Balaban J connectivity index is 2.18. The highest BCUT2D eigenvalue weighted by Crippen LogP contribution is 2.29. The molecule has 2 nitrogen and oxygen atoms in total. The molecule has 0 aliphatic rings. The van der Waals surface area contributed by atoms with Crippen molar-refractivity contribution in [2.75, 3.05) is 0 Å². The van der Waals surface area contributed by atoms with Gasteiger partial charge in [-0.1, -0.05) is 35.9 Å². The van der Waals surface area contributed by atoms with Gasteiger partial charge < -0.3 is 10.1 Å². The zero-order valence-electron chi connectivity index (χ0n) is 9.57. The molecule has 0 saturated carbocycles. The maximum absolute atomic E-state index is 9.56. The van der Waals surface area contributed by atoms with Gasteiger partial charge in [0.15, 0.2) is 5.88 Å². The van der Waals surface area contributed by atoms with Crippen molar-refractivity contribution in [1.82, 2.24) is 4.98 Å². The van der Waals surface area contributed by atoms with E-state index in [1.807, 2.05) is 18.3 Å². The quantitative estimate of drug-likeness (QED) is 0.645. The Kier molecular flexibility index (Phi) is 2.15. The summed E-state index contributed by atoms with van der Waals surface area (Å²) in [4.78, 5) is 2.82. The fourth-order valence-corrected chi connectivity index (χ4v) is 2.13. The number of benzene rings is 2. The van der Waals surface area contributed by atoms with E-state index in [0.717, 1.165) is 10.8 Å². The van der Waals surface area contributed by atoms with Gasteiger partial charge in [-0.2, -0.15) is 0 Å². The molecule has 3 rings (SSSR count). The van der Waals surface area contributed by atoms with Crippen molar-refractivity contribution >= 4 is 10.8 Å². The molecule has 84 valence electrons. The van der Waals surface area contributed by atoms with E-state index in [4.69, 9.17) is 0 Å². The number of aryl methyl sites for hydroxylation is 1.